The maximum Gasteiger partial charge on any atom is 0.250 e. The Balaban J connectivity index is 1.92. The Morgan fingerprint density at radius 3 is 2.47 bits per heavy atom. The highest BCUT2D eigenvalue weighted by molar-refractivity contribution is 6.01. The minimum atomic E-state index is -0.525. The lowest BCUT2D eigenvalue weighted by Gasteiger charge is -2.16. The van der Waals surface area contributed by atoms with E-state index in [1.54, 1.807) is 25.3 Å². The van der Waals surface area contributed by atoms with Gasteiger partial charge in [-0.2, -0.15) is 0 Å². The number of methoxy groups -OCH3 is 1. The second-order valence-corrected chi connectivity index (χ2v) is 7.17. The predicted molar refractivity (Wildman–Crippen MR) is 126 cm³/mol. The molecule has 0 radical (unpaired) electrons. The highest BCUT2D eigenvalue weighted by Gasteiger charge is 2.16. The van der Waals surface area contributed by atoms with E-state index in [1.807, 2.05) is 55.5 Å². The lowest BCUT2D eigenvalue weighted by Crippen LogP contribution is -2.13. The van der Waals surface area contributed by atoms with Gasteiger partial charge in [0.2, 0.25) is 0 Å². The van der Waals surface area contributed by atoms with Crippen molar-refractivity contribution in [2.24, 2.45) is 5.73 Å². The first kappa shape index (κ1) is 21.1. The van der Waals surface area contributed by atoms with Crippen molar-refractivity contribution in [1.82, 2.24) is 9.97 Å². The molecule has 4 rings (SSSR count). The first-order chi connectivity index (χ1) is 15.6. The molecule has 7 heteroatoms. The van der Waals surface area contributed by atoms with Crippen LogP contribution in [-0.2, 0) is 0 Å². The van der Waals surface area contributed by atoms with Crippen LogP contribution in [0.4, 0.5) is 11.5 Å². The summed E-state index contributed by atoms with van der Waals surface area (Å²) in [6.07, 6.45) is 0.863. The van der Waals surface area contributed by atoms with E-state index in [2.05, 4.69) is 5.32 Å². The van der Waals surface area contributed by atoms with Crippen LogP contribution in [0.2, 0.25) is 0 Å². The zero-order valence-electron chi connectivity index (χ0n) is 18.0. The lowest BCUT2D eigenvalue weighted by molar-refractivity contribution is 0.100. The molecule has 0 spiro atoms. The van der Waals surface area contributed by atoms with E-state index in [9.17, 15) is 4.79 Å². The Kier molecular flexibility index (Phi) is 6.17. The highest BCUT2D eigenvalue weighted by atomic mass is 16.5. The number of carbonyl (C=O) groups is 1. The number of rotatable bonds is 8. The molecule has 1 heterocycles. The van der Waals surface area contributed by atoms with Crippen molar-refractivity contribution in [3.63, 3.8) is 0 Å². The van der Waals surface area contributed by atoms with Crippen molar-refractivity contribution in [2.75, 3.05) is 19.0 Å². The number of hydrogen-bond donors (Lipinski definition) is 2. The topological polar surface area (TPSA) is 99.4 Å². The Hall–Kier alpha value is -4.13. The second-order valence-electron chi connectivity index (χ2n) is 7.17. The molecule has 4 aromatic rings. The molecule has 0 saturated carbocycles. The summed E-state index contributed by atoms with van der Waals surface area (Å²) in [5.74, 6) is 1.74. The van der Waals surface area contributed by atoms with E-state index in [4.69, 9.17) is 25.2 Å². The number of amides is 1. The number of ether oxygens (including phenoxy) is 2. The van der Waals surface area contributed by atoms with E-state index < -0.39 is 5.91 Å². The lowest BCUT2D eigenvalue weighted by atomic mass is 10.1. The summed E-state index contributed by atoms with van der Waals surface area (Å²) in [4.78, 5) is 21.5. The number of carbonyl (C=O) groups excluding carboxylic acids is 1. The molecule has 0 atom stereocenters. The first-order valence-corrected chi connectivity index (χ1v) is 10.3. The van der Waals surface area contributed by atoms with Crippen molar-refractivity contribution in [2.45, 2.75) is 13.3 Å². The summed E-state index contributed by atoms with van der Waals surface area (Å²) in [6, 6.07) is 20.4. The third-order valence-corrected chi connectivity index (χ3v) is 4.92. The van der Waals surface area contributed by atoms with Gasteiger partial charge in [-0.1, -0.05) is 49.4 Å². The van der Waals surface area contributed by atoms with Crippen LogP contribution < -0.4 is 20.5 Å². The van der Waals surface area contributed by atoms with E-state index in [0.717, 1.165) is 17.4 Å². The molecule has 3 aromatic carbocycles. The van der Waals surface area contributed by atoms with E-state index in [1.165, 1.54) is 0 Å². The SMILES string of the molecule is CCCOc1cc2c(Nc3ccccc3C(N)=O)nc(-c3ccccc3)nc2cc1OC. The van der Waals surface area contributed by atoms with Gasteiger partial charge in [-0.15, -0.1) is 0 Å². The summed E-state index contributed by atoms with van der Waals surface area (Å²) >= 11 is 0. The zero-order valence-corrected chi connectivity index (χ0v) is 18.0. The number of nitrogens with one attached hydrogen (secondary N) is 1. The van der Waals surface area contributed by atoms with Gasteiger partial charge in [0.15, 0.2) is 17.3 Å². The third kappa shape index (κ3) is 4.32. The highest BCUT2D eigenvalue weighted by Crippen LogP contribution is 2.36. The van der Waals surface area contributed by atoms with Gasteiger partial charge in [0.25, 0.3) is 5.91 Å². The minimum absolute atomic E-state index is 0.372. The van der Waals surface area contributed by atoms with E-state index in [-0.39, 0.29) is 0 Å². The summed E-state index contributed by atoms with van der Waals surface area (Å²) in [5, 5.41) is 4.01. The van der Waals surface area contributed by atoms with Crippen LogP contribution in [0.3, 0.4) is 0 Å². The Bertz CT molecular complexity index is 1260. The maximum atomic E-state index is 11.9. The Morgan fingerprint density at radius 1 is 1.00 bits per heavy atom. The minimum Gasteiger partial charge on any atom is -0.493 e. The molecule has 7 nitrogen and oxygen atoms in total. The van der Waals surface area contributed by atoms with Crippen LogP contribution in [-0.4, -0.2) is 29.6 Å². The number of anilines is 2. The van der Waals surface area contributed by atoms with Crippen molar-refractivity contribution in [1.29, 1.82) is 0 Å². The van der Waals surface area contributed by atoms with Crippen LogP contribution in [0.1, 0.15) is 23.7 Å². The Labute approximate surface area is 186 Å². The third-order valence-electron chi connectivity index (χ3n) is 4.92. The number of nitrogens with zero attached hydrogens (tertiary/aromatic N) is 2. The quantitative estimate of drug-likeness (QED) is 0.412. The van der Waals surface area contributed by atoms with Gasteiger partial charge in [0.05, 0.1) is 30.5 Å². The summed E-state index contributed by atoms with van der Waals surface area (Å²) in [7, 11) is 1.60. The smallest absolute Gasteiger partial charge is 0.250 e. The average Bonchev–Trinajstić information content (AvgIpc) is 2.82. The van der Waals surface area contributed by atoms with Crippen molar-refractivity contribution in [3.05, 3.63) is 72.3 Å². The second kappa shape index (κ2) is 9.34. The average molecular weight is 428 g/mol. The monoisotopic (exact) mass is 428 g/mol. The molecule has 0 aliphatic heterocycles. The molecule has 3 N–H and O–H groups in total. The van der Waals surface area contributed by atoms with Crippen LogP contribution in [0.15, 0.2) is 66.7 Å². The number of fused-ring (bicyclic) bond motifs is 1. The molecule has 1 amide bonds. The van der Waals surface area contributed by atoms with Crippen molar-refractivity contribution >= 4 is 28.3 Å². The molecule has 32 heavy (non-hydrogen) atoms. The summed E-state index contributed by atoms with van der Waals surface area (Å²) in [5.41, 5.74) is 8.05. The molecule has 0 saturated heterocycles. The fraction of sp³-hybridized carbons (Fsp3) is 0.160. The molecule has 0 aliphatic carbocycles. The number of benzene rings is 3. The molecular weight excluding hydrogens is 404 g/mol. The van der Waals surface area contributed by atoms with Gasteiger partial charge in [-0.25, -0.2) is 9.97 Å². The van der Waals surface area contributed by atoms with Crippen molar-refractivity contribution < 1.29 is 14.3 Å². The summed E-state index contributed by atoms with van der Waals surface area (Å²) in [6.45, 7) is 2.59. The standard InChI is InChI=1S/C25H24N4O3/c1-3-13-32-22-14-18-20(15-21(22)31-2)28-24(16-9-5-4-6-10-16)29-25(18)27-19-12-8-7-11-17(19)23(26)30/h4-12,14-15H,3,13H2,1-2H3,(H2,26,30)(H,27,28,29). The number of nitrogens with two attached hydrogens (primary N) is 1. The van der Waals surface area contributed by atoms with Gasteiger partial charge >= 0.3 is 0 Å². The predicted octanol–water partition coefficient (Wildman–Crippen LogP) is 4.94. The fourth-order valence-electron chi connectivity index (χ4n) is 3.37. The van der Waals surface area contributed by atoms with E-state index >= 15 is 0 Å². The molecule has 0 aliphatic rings. The van der Waals surface area contributed by atoms with Crippen LogP contribution >= 0.6 is 0 Å². The van der Waals surface area contributed by atoms with Gasteiger partial charge in [-0.05, 0) is 24.6 Å². The largest absolute Gasteiger partial charge is 0.493 e. The van der Waals surface area contributed by atoms with Gasteiger partial charge in [0.1, 0.15) is 5.82 Å². The van der Waals surface area contributed by atoms with Crippen LogP contribution in [0.25, 0.3) is 22.3 Å². The molecule has 162 valence electrons. The first-order valence-electron chi connectivity index (χ1n) is 10.3. The summed E-state index contributed by atoms with van der Waals surface area (Å²) < 4.78 is 11.4. The van der Waals surface area contributed by atoms with Gasteiger partial charge < -0.3 is 20.5 Å². The molecule has 0 unspecified atom stereocenters. The molecule has 1 aromatic heterocycles. The number of para-hydroxylation sites is 1. The van der Waals surface area contributed by atoms with Gasteiger partial charge in [-0.3, -0.25) is 4.79 Å². The number of hydrogen-bond acceptors (Lipinski definition) is 6. The van der Waals surface area contributed by atoms with Crippen LogP contribution in [0.5, 0.6) is 11.5 Å². The molecule has 0 bridgehead atoms. The normalized spacial score (nSPS) is 10.7. The zero-order chi connectivity index (χ0) is 22.5. The number of aromatic nitrogens is 2. The van der Waals surface area contributed by atoms with Crippen molar-refractivity contribution in [3.8, 4) is 22.9 Å². The van der Waals surface area contributed by atoms with E-state index in [0.29, 0.717) is 46.5 Å². The Morgan fingerprint density at radius 2 is 1.75 bits per heavy atom. The molecular formula is C25H24N4O3. The fourth-order valence-corrected chi connectivity index (χ4v) is 3.37. The molecule has 0 fully saturated rings. The number of primary amides is 1. The maximum absolute atomic E-state index is 11.9. The van der Waals surface area contributed by atoms with Gasteiger partial charge in [0, 0.05) is 17.0 Å². The van der Waals surface area contributed by atoms with Crippen LogP contribution in [0, 0.1) is 0 Å².